The van der Waals surface area contributed by atoms with Crippen LogP contribution in [0.15, 0.2) is 16.6 Å². The number of benzene rings is 1. The Bertz CT molecular complexity index is 642. The number of rotatable bonds is 1. The molecule has 0 amide bonds. The van der Waals surface area contributed by atoms with E-state index in [2.05, 4.69) is 26.3 Å². The van der Waals surface area contributed by atoms with Gasteiger partial charge < -0.3 is 5.43 Å². The van der Waals surface area contributed by atoms with Crippen LogP contribution in [0.25, 0.3) is 10.9 Å². The van der Waals surface area contributed by atoms with Gasteiger partial charge in [0.05, 0.1) is 5.69 Å². The number of hydrazine groups is 1. The Balaban J connectivity index is 2.36. The number of halogens is 2. The summed E-state index contributed by atoms with van der Waals surface area (Å²) in [5.41, 5.74) is 6.10. The van der Waals surface area contributed by atoms with Gasteiger partial charge in [0.1, 0.15) is 5.52 Å². The Kier molecular flexibility index (Phi) is 3.41. The van der Waals surface area contributed by atoms with E-state index < -0.39 is 0 Å². The first-order valence-corrected chi connectivity index (χ1v) is 7.27. The van der Waals surface area contributed by atoms with Crippen LogP contribution in [-0.2, 0) is 12.8 Å². The number of hydrogen-bond donors (Lipinski definition) is 2. The summed E-state index contributed by atoms with van der Waals surface area (Å²) in [7, 11) is 0. The molecule has 0 radical (unpaired) electrons. The number of pyridine rings is 1. The van der Waals surface area contributed by atoms with Crippen molar-refractivity contribution in [3.63, 3.8) is 0 Å². The summed E-state index contributed by atoms with van der Waals surface area (Å²) in [4.78, 5) is 4.53. The smallest absolute Gasteiger partial charge is 0.150 e. The fourth-order valence-corrected chi connectivity index (χ4v) is 3.22. The Morgan fingerprint density at radius 1 is 1.21 bits per heavy atom. The highest BCUT2D eigenvalue weighted by Gasteiger charge is 2.18. The van der Waals surface area contributed by atoms with Gasteiger partial charge in [-0.3, -0.25) is 5.84 Å². The Hall–Kier alpha value is -1.20. The van der Waals surface area contributed by atoms with Gasteiger partial charge in [-0.1, -0.05) is 22.4 Å². The zero-order chi connectivity index (χ0) is 13.4. The van der Waals surface area contributed by atoms with Crippen molar-refractivity contribution in [3.8, 4) is 0 Å². The molecule has 1 aliphatic carbocycles. The Morgan fingerprint density at radius 3 is 2.79 bits per heavy atom. The Morgan fingerprint density at radius 2 is 2.00 bits per heavy atom. The SMILES string of the molecule is NNc1c2c(nc3c(F)cc(Br)cc13)CCCCC2. The van der Waals surface area contributed by atoms with Gasteiger partial charge >= 0.3 is 0 Å². The third kappa shape index (κ3) is 2.21. The normalized spacial score (nSPS) is 15.1. The van der Waals surface area contributed by atoms with E-state index in [0.29, 0.717) is 9.99 Å². The first kappa shape index (κ1) is 12.8. The van der Waals surface area contributed by atoms with Crippen molar-refractivity contribution in [2.75, 3.05) is 5.43 Å². The number of fused-ring (bicyclic) bond motifs is 2. The van der Waals surface area contributed by atoms with Crippen molar-refractivity contribution in [3.05, 3.63) is 33.7 Å². The topological polar surface area (TPSA) is 50.9 Å². The molecule has 0 spiro atoms. The Labute approximate surface area is 119 Å². The molecule has 19 heavy (non-hydrogen) atoms. The molecule has 5 heteroatoms. The van der Waals surface area contributed by atoms with Gasteiger partial charge in [-0.25, -0.2) is 9.37 Å². The van der Waals surface area contributed by atoms with E-state index in [1.807, 2.05) is 6.07 Å². The molecule has 0 unspecified atom stereocenters. The van der Waals surface area contributed by atoms with E-state index in [1.54, 1.807) is 0 Å². The molecule has 0 aliphatic heterocycles. The summed E-state index contributed by atoms with van der Waals surface area (Å²) < 4.78 is 14.8. The number of nitrogens with zero attached hydrogens (tertiary/aromatic N) is 1. The number of nitrogen functional groups attached to an aromatic ring is 1. The van der Waals surface area contributed by atoms with Gasteiger partial charge in [0.2, 0.25) is 0 Å². The molecule has 0 fully saturated rings. The maximum Gasteiger partial charge on any atom is 0.150 e. The zero-order valence-electron chi connectivity index (χ0n) is 10.5. The zero-order valence-corrected chi connectivity index (χ0v) is 12.1. The van der Waals surface area contributed by atoms with Crippen LogP contribution in [0, 0.1) is 5.82 Å². The second kappa shape index (κ2) is 5.06. The van der Waals surface area contributed by atoms with Gasteiger partial charge in [0.25, 0.3) is 0 Å². The van der Waals surface area contributed by atoms with Gasteiger partial charge in [-0.15, -0.1) is 0 Å². The highest BCUT2D eigenvalue weighted by Crippen LogP contribution is 2.34. The summed E-state index contributed by atoms with van der Waals surface area (Å²) in [6.45, 7) is 0. The summed E-state index contributed by atoms with van der Waals surface area (Å²) in [5.74, 6) is 5.36. The molecule has 3 nitrogen and oxygen atoms in total. The lowest BCUT2D eigenvalue weighted by Gasteiger charge is -2.15. The highest BCUT2D eigenvalue weighted by molar-refractivity contribution is 9.10. The van der Waals surface area contributed by atoms with E-state index in [1.165, 1.54) is 12.5 Å². The number of nitrogens with one attached hydrogen (secondary N) is 1. The van der Waals surface area contributed by atoms with E-state index in [4.69, 9.17) is 5.84 Å². The molecule has 0 saturated heterocycles. The third-order valence-corrected chi connectivity index (χ3v) is 4.14. The van der Waals surface area contributed by atoms with Crippen LogP contribution in [0.1, 0.15) is 30.5 Å². The molecule has 0 bridgehead atoms. The van der Waals surface area contributed by atoms with Gasteiger partial charge in [0, 0.05) is 15.6 Å². The maximum absolute atomic E-state index is 14.1. The molecule has 1 aromatic carbocycles. The van der Waals surface area contributed by atoms with Gasteiger partial charge in [-0.2, -0.15) is 0 Å². The van der Waals surface area contributed by atoms with Gasteiger partial charge in [-0.05, 0) is 43.4 Å². The first-order chi connectivity index (χ1) is 9.20. The van der Waals surface area contributed by atoms with Crippen molar-refractivity contribution in [2.24, 2.45) is 5.84 Å². The lowest BCUT2D eigenvalue weighted by Crippen LogP contribution is -2.12. The van der Waals surface area contributed by atoms with Crippen molar-refractivity contribution in [1.82, 2.24) is 4.98 Å². The molecule has 0 saturated carbocycles. The molecule has 2 aromatic rings. The molecule has 1 aromatic heterocycles. The van der Waals surface area contributed by atoms with E-state index >= 15 is 0 Å². The fourth-order valence-electron chi connectivity index (χ4n) is 2.79. The minimum atomic E-state index is -0.312. The quantitative estimate of drug-likeness (QED) is 0.478. The van der Waals surface area contributed by atoms with Crippen molar-refractivity contribution >= 4 is 32.5 Å². The molecule has 3 N–H and O–H groups in total. The van der Waals surface area contributed by atoms with Crippen LogP contribution in [0.3, 0.4) is 0 Å². The summed E-state index contributed by atoms with van der Waals surface area (Å²) in [6, 6.07) is 3.31. The minimum absolute atomic E-state index is 0.312. The fraction of sp³-hybridized carbons (Fsp3) is 0.357. The van der Waals surface area contributed by atoms with Crippen LogP contribution in [0.5, 0.6) is 0 Å². The van der Waals surface area contributed by atoms with Crippen molar-refractivity contribution in [2.45, 2.75) is 32.1 Å². The molecule has 1 aliphatic rings. The van der Waals surface area contributed by atoms with E-state index in [9.17, 15) is 4.39 Å². The molecule has 100 valence electrons. The largest absolute Gasteiger partial charge is 0.323 e. The average Bonchev–Trinajstić information content (AvgIpc) is 2.61. The first-order valence-electron chi connectivity index (χ1n) is 6.48. The molecule has 0 atom stereocenters. The standard InChI is InChI=1S/C14H15BrFN3/c15-8-6-10-13(19-17)9-4-2-1-3-5-12(9)18-14(10)11(16)7-8/h6-7H,1-5,17H2,(H,18,19). The summed E-state index contributed by atoms with van der Waals surface area (Å²) >= 11 is 3.32. The maximum atomic E-state index is 14.1. The van der Waals surface area contributed by atoms with Crippen molar-refractivity contribution in [1.29, 1.82) is 0 Å². The third-order valence-electron chi connectivity index (χ3n) is 3.68. The molecular formula is C14H15BrFN3. The molecule has 3 rings (SSSR count). The van der Waals surface area contributed by atoms with Crippen molar-refractivity contribution < 1.29 is 4.39 Å². The number of anilines is 1. The van der Waals surface area contributed by atoms with E-state index in [-0.39, 0.29) is 5.82 Å². The monoisotopic (exact) mass is 323 g/mol. The predicted molar refractivity (Wildman–Crippen MR) is 78.5 cm³/mol. The van der Waals surface area contributed by atoms with E-state index in [0.717, 1.165) is 48.0 Å². The second-order valence-electron chi connectivity index (χ2n) is 4.90. The summed E-state index contributed by atoms with van der Waals surface area (Å²) in [6.07, 6.45) is 5.27. The number of aromatic nitrogens is 1. The number of hydrogen-bond acceptors (Lipinski definition) is 3. The lowest BCUT2D eigenvalue weighted by atomic mass is 10.0. The van der Waals surface area contributed by atoms with Crippen LogP contribution in [0.2, 0.25) is 0 Å². The predicted octanol–water partition coefficient (Wildman–Crippen LogP) is 3.69. The number of aryl methyl sites for hydroxylation is 1. The van der Waals surface area contributed by atoms with Gasteiger partial charge in [0.15, 0.2) is 5.82 Å². The molecular weight excluding hydrogens is 309 g/mol. The van der Waals surface area contributed by atoms with Crippen LogP contribution in [0.4, 0.5) is 10.1 Å². The average molecular weight is 324 g/mol. The van der Waals surface area contributed by atoms with Crippen LogP contribution < -0.4 is 11.3 Å². The number of nitrogens with two attached hydrogens (primary N) is 1. The highest BCUT2D eigenvalue weighted by atomic mass is 79.9. The van der Waals surface area contributed by atoms with Crippen LogP contribution >= 0.6 is 15.9 Å². The van der Waals surface area contributed by atoms with Crippen LogP contribution in [-0.4, -0.2) is 4.98 Å². The minimum Gasteiger partial charge on any atom is -0.323 e. The summed E-state index contributed by atoms with van der Waals surface area (Å²) in [5, 5.41) is 0.745. The lowest BCUT2D eigenvalue weighted by molar-refractivity contribution is 0.635. The molecule has 1 heterocycles. The second-order valence-corrected chi connectivity index (χ2v) is 5.82.